The second kappa shape index (κ2) is 8.14. The molecule has 0 fully saturated rings. The number of fused-ring (bicyclic) bond motifs is 1. The maximum Gasteiger partial charge on any atom is 0.251 e. The van der Waals surface area contributed by atoms with E-state index >= 15 is 0 Å². The van der Waals surface area contributed by atoms with E-state index in [1.165, 1.54) is 0 Å². The van der Waals surface area contributed by atoms with Crippen molar-refractivity contribution in [3.8, 4) is 11.5 Å². The van der Waals surface area contributed by atoms with Gasteiger partial charge in [-0.3, -0.25) is 14.3 Å². The lowest BCUT2D eigenvalue weighted by Crippen LogP contribution is -2.50. The highest BCUT2D eigenvalue weighted by Crippen LogP contribution is 2.41. The van der Waals surface area contributed by atoms with Crippen molar-refractivity contribution in [1.82, 2.24) is 15.1 Å². The second-order valence-corrected chi connectivity index (χ2v) is 7.37. The first-order chi connectivity index (χ1) is 14.9. The van der Waals surface area contributed by atoms with Crippen LogP contribution in [0.5, 0.6) is 11.5 Å². The fraction of sp³-hybridized carbons (Fsp3) is 0.261. The Hall–Kier alpha value is -3.81. The molecule has 0 unspecified atom stereocenters. The van der Waals surface area contributed by atoms with Gasteiger partial charge < -0.3 is 20.1 Å². The third-order valence-electron chi connectivity index (χ3n) is 5.53. The van der Waals surface area contributed by atoms with Crippen LogP contribution in [0.25, 0.3) is 0 Å². The summed E-state index contributed by atoms with van der Waals surface area (Å²) >= 11 is 0. The maximum atomic E-state index is 13.1. The van der Waals surface area contributed by atoms with Gasteiger partial charge in [-0.1, -0.05) is 24.3 Å². The number of hydrogen-bond donors (Lipinski definition) is 2. The number of aryl methyl sites for hydroxylation is 2. The molecular formula is C23H24N4O4. The minimum absolute atomic E-state index is 0.306. The molecule has 3 aromatic rings. The SMILES string of the molecule is COc1ccc([C@@H]2c3c(C)nn(C)c3NC(=O)[C@H]2NC(=O)c2ccccc2)cc1OC. The summed E-state index contributed by atoms with van der Waals surface area (Å²) in [4.78, 5) is 26.0. The smallest absolute Gasteiger partial charge is 0.251 e. The summed E-state index contributed by atoms with van der Waals surface area (Å²) in [5.74, 6) is 0.662. The van der Waals surface area contributed by atoms with Crippen LogP contribution in [-0.4, -0.2) is 41.9 Å². The molecule has 0 spiro atoms. The lowest BCUT2D eigenvalue weighted by molar-refractivity contribution is -0.118. The van der Waals surface area contributed by atoms with Gasteiger partial charge in [0, 0.05) is 24.1 Å². The van der Waals surface area contributed by atoms with Gasteiger partial charge in [0.1, 0.15) is 11.9 Å². The molecule has 2 amide bonds. The Labute approximate surface area is 180 Å². The van der Waals surface area contributed by atoms with E-state index in [9.17, 15) is 9.59 Å². The Bertz CT molecular complexity index is 1140. The third-order valence-corrected chi connectivity index (χ3v) is 5.53. The minimum Gasteiger partial charge on any atom is -0.493 e. The highest BCUT2D eigenvalue weighted by Gasteiger charge is 2.41. The average molecular weight is 420 g/mol. The molecule has 31 heavy (non-hydrogen) atoms. The number of benzene rings is 2. The number of nitrogens with one attached hydrogen (secondary N) is 2. The standard InChI is InChI=1S/C23H24N4O4/c1-13-18-19(15-10-11-16(30-3)17(12-15)31-4)20(23(29)25-21(18)27(2)26-13)24-22(28)14-8-6-5-7-9-14/h5-12,19-20H,1-4H3,(H,24,28)(H,25,29)/t19-,20+/m1/s1. The summed E-state index contributed by atoms with van der Waals surface area (Å²) in [7, 11) is 4.91. The van der Waals surface area contributed by atoms with Crippen molar-refractivity contribution in [3.63, 3.8) is 0 Å². The normalized spacial score (nSPS) is 17.5. The van der Waals surface area contributed by atoms with Crippen LogP contribution in [0.3, 0.4) is 0 Å². The molecule has 2 N–H and O–H groups in total. The molecular weight excluding hydrogens is 396 g/mol. The van der Waals surface area contributed by atoms with Crippen LogP contribution in [-0.2, 0) is 11.8 Å². The van der Waals surface area contributed by atoms with Crippen molar-refractivity contribution < 1.29 is 19.1 Å². The third kappa shape index (κ3) is 3.61. The summed E-state index contributed by atoms with van der Waals surface area (Å²) in [5.41, 5.74) is 2.92. The van der Waals surface area contributed by atoms with E-state index in [1.807, 2.05) is 25.1 Å². The van der Waals surface area contributed by atoms with Gasteiger partial charge in [-0.15, -0.1) is 0 Å². The fourth-order valence-corrected chi connectivity index (χ4v) is 4.08. The van der Waals surface area contributed by atoms with Crippen LogP contribution >= 0.6 is 0 Å². The molecule has 160 valence electrons. The zero-order chi connectivity index (χ0) is 22.1. The fourth-order valence-electron chi connectivity index (χ4n) is 4.08. The van der Waals surface area contributed by atoms with Crippen molar-refractivity contribution in [2.45, 2.75) is 18.9 Å². The number of rotatable bonds is 5. The van der Waals surface area contributed by atoms with Crippen molar-refractivity contribution in [2.75, 3.05) is 19.5 Å². The molecule has 4 rings (SSSR count). The van der Waals surface area contributed by atoms with Gasteiger partial charge in [-0.25, -0.2) is 0 Å². The van der Waals surface area contributed by atoms with Crippen LogP contribution in [0.4, 0.5) is 5.82 Å². The summed E-state index contributed by atoms with van der Waals surface area (Å²) in [6.45, 7) is 1.89. The van der Waals surface area contributed by atoms with E-state index < -0.39 is 12.0 Å². The molecule has 0 radical (unpaired) electrons. The van der Waals surface area contributed by atoms with Gasteiger partial charge in [0.15, 0.2) is 11.5 Å². The van der Waals surface area contributed by atoms with Crippen molar-refractivity contribution in [2.24, 2.45) is 7.05 Å². The van der Waals surface area contributed by atoms with Crippen LogP contribution in [0.2, 0.25) is 0 Å². The zero-order valence-electron chi connectivity index (χ0n) is 17.8. The molecule has 2 atom stereocenters. The van der Waals surface area contributed by atoms with Gasteiger partial charge >= 0.3 is 0 Å². The monoisotopic (exact) mass is 420 g/mol. The number of carbonyl (C=O) groups is 2. The van der Waals surface area contributed by atoms with E-state index in [4.69, 9.17) is 9.47 Å². The molecule has 1 aliphatic rings. The Morgan fingerprint density at radius 2 is 1.81 bits per heavy atom. The van der Waals surface area contributed by atoms with Crippen LogP contribution in [0.15, 0.2) is 48.5 Å². The van der Waals surface area contributed by atoms with E-state index in [-0.39, 0.29) is 11.8 Å². The Balaban J connectivity index is 1.82. The predicted molar refractivity (Wildman–Crippen MR) is 116 cm³/mol. The summed E-state index contributed by atoms with van der Waals surface area (Å²) < 4.78 is 12.5. The topological polar surface area (TPSA) is 94.5 Å². The predicted octanol–water partition coefficient (Wildman–Crippen LogP) is 2.63. The number of carbonyl (C=O) groups excluding carboxylic acids is 2. The summed E-state index contributed by atoms with van der Waals surface area (Å²) in [6.07, 6.45) is 0. The zero-order valence-corrected chi connectivity index (χ0v) is 17.8. The van der Waals surface area contributed by atoms with E-state index in [1.54, 1.807) is 56.3 Å². The van der Waals surface area contributed by atoms with Gasteiger partial charge in [0.05, 0.1) is 19.9 Å². The molecule has 0 bridgehead atoms. The maximum absolute atomic E-state index is 13.1. The number of amides is 2. The van der Waals surface area contributed by atoms with Gasteiger partial charge in [0.25, 0.3) is 5.91 Å². The van der Waals surface area contributed by atoms with E-state index in [2.05, 4.69) is 15.7 Å². The number of nitrogens with zero attached hydrogens (tertiary/aromatic N) is 2. The minimum atomic E-state index is -0.832. The molecule has 0 saturated heterocycles. The van der Waals surface area contributed by atoms with E-state index in [0.29, 0.717) is 22.9 Å². The quantitative estimate of drug-likeness (QED) is 0.662. The van der Waals surface area contributed by atoms with Crippen molar-refractivity contribution >= 4 is 17.6 Å². The molecule has 8 nitrogen and oxygen atoms in total. The summed E-state index contributed by atoms with van der Waals surface area (Å²) in [5, 5.41) is 10.3. The number of hydrogen-bond acceptors (Lipinski definition) is 5. The highest BCUT2D eigenvalue weighted by molar-refractivity contribution is 6.03. The average Bonchev–Trinajstić information content (AvgIpc) is 3.07. The van der Waals surface area contributed by atoms with E-state index in [0.717, 1.165) is 16.8 Å². The van der Waals surface area contributed by atoms with Gasteiger partial charge in [-0.05, 0) is 36.8 Å². The molecule has 8 heteroatoms. The van der Waals surface area contributed by atoms with Crippen LogP contribution in [0, 0.1) is 6.92 Å². The van der Waals surface area contributed by atoms with Crippen molar-refractivity contribution in [3.05, 3.63) is 70.9 Å². The van der Waals surface area contributed by atoms with Crippen LogP contribution < -0.4 is 20.1 Å². The lowest BCUT2D eigenvalue weighted by atomic mass is 9.81. The lowest BCUT2D eigenvalue weighted by Gasteiger charge is -2.33. The number of anilines is 1. The Morgan fingerprint density at radius 3 is 2.48 bits per heavy atom. The molecule has 0 saturated carbocycles. The first-order valence-electron chi connectivity index (χ1n) is 9.86. The highest BCUT2D eigenvalue weighted by atomic mass is 16.5. The first-order valence-corrected chi connectivity index (χ1v) is 9.86. The number of methoxy groups -OCH3 is 2. The first kappa shape index (κ1) is 20.5. The molecule has 0 aliphatic carbocycles. The van der Waals surface area contributed by atoms with Crippen LogP contribution in [0.1, 0.15) is 33.1 Å². The second-order valence-electron chi connectivity index (χ2n) is 7.37. The molecule has 1 aromatic heterocycles. The molecule has 1 aliphatic heterocycles. The summed E-state index contributed by atoms with van der Waals surface area (Å²) in [6, 6.07) is 13.5. The largest absolute Gasteiger partial charge is 0.493 e. The Kier molecular flexibility index (Phi) is 5.37. The Morgan fingerprint density at radius 1 is 1.10 bits per heavy atom. The van der Waals surface area contributed by atoms with Gasteiger partial charge in [-0.2, -0.15) is 5.10 Å². The van der Waals surface area contributed by atoms with Crippen molar-refractivity contribution in [1.29, 1.82) is 0 Å². The number of aromatic nitrogens is 2. The van der Waals surface area contributed by atoms with Gasteiger partial charge in [0.2, 0.25) is 5.91 Å². The number of ether oxygens (including phenoxy) is 2. The molecule has 2 aromatic carbocycles. The molecule has 2 heterocycles.